The first-order valence-corrected chi connectivity index (χ1v) is 8.07. The smallest absolute Gasteiger partial charge is 0.253 e. The lowest BCUT2D eigenvalue weighted by molar-refractivity contribution is -0.130. The Morgan fingerprint density at radius 3 is 2.88 bits per heavy atom. The average molecular weight is 335 g/mol. The molecule has 3 aromatic rings. The number of hydrogen-bond acceptors (Lipinski definition) is 4. The lowest BCUT2D eigenvalue weighted by Crippen LogP contribution is -2.29. The number of benzene rings is 1. The highest BCUT2D eigenvalue weighted by Crippen LogP contribution is 2.32. The largest absolute Gasteiger partial charge is 0.463 e. The highest BCUT2D eigenvalue weighted by atomic mass is 16.3. The molecule has 0 spiro atoms. The fourth-order valence-electron chi connectivity index (χ4n) is 3.22. The summed E-state index contributed by atoms with van der Waals surface area (Å²) in [6.07, 6.45) is 2.00. The number of carbonyl (C=O) groups excluding carboxylic acids is 1. The summed E-state index contributed by atoms with van der Waals surface area (Å²) < 4.78 is 5.39. The molecule has 1 aliphatic heterocycles. The Labute approximate surface area is 143 Å². The van der Waals surface area contributed by atoms with Crippen LogP contribution in [0.1, 0.15) is 36.3 Å². The lowest BCUT2D eigenvalue weighted by atomic mass is 10.00. The van der Waals surface area contributed by atoms with E-state index in [4.69, 9.17) is 4.42 Å². The Kier molecular flexibility index (Phi) is 3.53. The molecule has 0 aliphatic carbocycles. The zero-order chi connectivity index (χ0) is 17.6. The molecule has 1 aliphatic rings. The normalized spacial score (nSPS) is 17.1. The minimum Gasteiger partial charge on any atom is -0.463 e. The van der Waals surface area contributed by atoms with Gasteiger partial charge in [0.15, 0.2) is 0 Å². The van der Waals surface area contributed by atoms with Gasteiger partial charge in [-0.2, -0.15) is 5.10 Å². The molecule has 6 nitrogen and oxygen atoms in total. The number of hydrogen-bond donors (Lipinski definition) is 1. The van der Waals surface area contributed by atoms with E-state index < -0.39 is 6.04 Å². The van der Waals surface area contributed by atoms with Crippen molar-refractivity contribution in [3.05, 3.63) is 69.9 Å². The molecule has 0 unspecified atom stereocenters. The molecule has 1 amide bonds. The summed E-state index contributed by atoms with van der Waals surface area (Å²) in [7, 11) is 0. The van der Waals surface area contributed by atoms with Crippen LogP contribution in [0.5, 0.6) is 0 Å². The van der Waals surface area contributed by atoms with Gasteiger partial charge in [0, 0.05) is 24.4 Å². The number of hydrazone groups is 1. The summed E-state index contributed by atoms with van der Waals surface area (Å²) in [4.78, 5) is 27.6. The zero-order valence-electron chi connectivity index (χ0n) is 13.9. The van der Waals surface area contributed by atoms with Crippen molar-refractivity contribution in [2.75, 3.05) is 0 Å². The molecule has 126 valence electrons. The molecule has 3 heterocycles. The van der Waals surface area contributed by atoms with Crippen molar-refractivity contribution in [3.63, 3.8) is 0 Å². The summed E-state index contributed by atoms with van der Waals surface area (Å²) in [6, 6.07) is 10.8. The molecular weight excluding hydrogens is 318 g/mol. The van der Waals surface area contributed by atoms with Gasteiger partial charge < -0.3 is 9.40 Å². The summed E-state index contributed by atoms with van der Waals surface area (Å²) >= 11 is 0. The van der Waals surface area contributed by atoms with E-state index in [-0.39, 0.29) is 11.5 Å². The third kappa shape index (κ3) is 2.65. The molecule has 4 rings (SSSR count). The van der Waals surface area contributed by atoms with Crippen LogP contribution in [0.2, 0.25) is 0 Å². The van der Waals surface area contributed by atoms with Gasteiger partial charge in [-0.3, -0.25) is 9.59 Å². The van der Waals surface area contributed by atoms with Crippen molar-refractivity contribution in [1.82, 2.24) is 9.99 Å². The van der Waals surface area contributed by atoms with Crippen LogP contribution in [-0.2, 0) is 4.79 Å². The number of aromatic nitrogens is 1. The van der Waals surface area contributed by atoms with Crippen molar-refractivity contribution in [1.29, 1.82) is 0 Å². The van der Waals surface area contributed by atoms with Gasteiger partial charge in [0.1, 0.15) is 11.5 Å². The number of fused-ring (bicyclic) bond motifs is 1. The molecule has 6 heteroatoms. The van der Waals surface area contributed by atoms with Crippen LogP contribution in [0.15, 0.2) is 57.0 Å². The number of aromatic amines is 1. The van der Waals surface area contributed by atoms with Gasteiger partial charge >= 0.3 is 0 Å². The maximum atomic E-state index is 12.6. The average Bonchev–Trinajstić information content (AvgIpc) is 3.23. The fraction of sp³-hybridized carbons (Fsp3) is 0.211. The first-order valence-electron chi connectivity index (χ1n) is 8.07. The molecule has 1 aromatic carbocycles. The highest BCUT2D eigenvalue weighted by molar-refractivity contribution is 6.01. The minimum absolute atomic E-state index is 0.205. The number of furan rings is 1. The van der Waals surface area contributed by atoms with Crippen molar-refractivity contribution >= 4 is 22.5 Å². The first kappa shape index (κ1) is 15.4. The Hall–Kier alpha value is -3.15. The van der Waals surface area contributed by atoms with Crippen LogP contribution in [0.25, 0.3) is 10.9 Å². The topological polar surface area (TPSA) is 78.7 Å². The second-order valence-corrected chi connectivity index (χ2v) is 6.25. The van der Waals surface area contributed by atoms with Gasteiger partial charge in [0.05, 0.1) is 12.3 Å². The lowest BCUT2D eigenvalue weighted by Gasteiger charge is -2.20. The third-order valence-corrected chi connectivity index (χ3v) is 4.43. The van der Waals surface area contributed by atoms with Gasteiger partial charge in [0.2, 0.25) is 5.91 Å². The number of nitrogens with zero attached hydrogens (tertiary/aromatic N) is 2. The van der Waals surface area contributed by atoms with E-state index in [1.54, 1.807) is 18.4 Å². The minimum atomic E-state index is -0.439. The van der Waals surface area contributed by atoms with Crippen molar-refractivity contribution < 1.29 is 9.21 Å². The summed E-state index contributed by atoms with van der Waals surface area (Å²) in [6.45, 7) is 3.45. The zero-order valence-corrected chi connectivity index (χ0v) is 13.9. The molecule has 25 heavy (non-hydrogen) atoms. The number of aryl methyl sites for hydroxylation is 1. The van der Waals surface area contributed by atoms with Gasteiger partial charge in [-0.15, -0.1) is 0 Å². The third-order valence-electron chi connectivity index (χ3n) is 4.43. The standard InChI is InChI=1S/C19H17N3O3/c1-11-5-6-15-13(8-11)9-14(19(24)20-15)17-10-16(18-4-3-7-25-18)21-22(17)12(2)23/h3-9,17H,10H2,1-2H3,(H,20,24)/t17-/m0/s1. The van der Waals surface area contributed by atoms with E-state index in [2.05, 4.69) is 10.1 Å². The molecule has 0 saturated heterocycles. The Balaban J connectivity index is 1.80. The van der Waals surface area contributed by atoms with Crippen LogP contribution in [-0.4, -0.2) is 21.6 Å². The molecule has 1 N–H and O–H groups in total. The predicted octanol–water partition coefficient (Wildman–Crippen LogP) is 3.13. The molecule has 0 saturated carbocycles. The molecule has 1 atom stereocenters. The van der Waals surface area contributed by atoms with Gasteiger partial charge in [-0.05, 0) is 42.6 Å². The van der Waals surface area contributed by atoms with Crippen LogP contribution in [0.3, 0.4) is 0 Å². The SMILES string of the molecule is CC(=O)N1N=C(c2ccco2)C[C@H]1c1cc2cc(C)ccc2[nH]c1=O. The quantitative estimate of drug-likeness (QED) is 0.781. The number of nitrogens with one attached hydrogen (secondary N) is 1. The van der Waals surface area contributed by atoms with E-state index in [9.17, 15) is 9.59 Å². The van der Waals surface area contributed by atoms with Crippen molar-refractivity contribution in [2.45, 2.75) is 26.3 Å². The van der Waals surface area contributed by atoms with E-state index in [1.807, 2.05) is 31.2 Å². The van der Waals surface area contributed by atoms with Crippen LogP contribution < -0.4 is 5.56 Å². The molecule has 0 bridgehead atoms. The molecule has 0 radical (unpaired) electrons. The van der Waals surface area contributed by atoms with Crippen LogP contribution in [0.4, 0.5) is 0 Å². The number of rotatable bonds is 2. The Morgan fingerprint density at radius 2 is 2.16 bits per heavy atom. The summed E-state index contributed by atoms with van der Waals surface area (Å²) in [5.74, 6) is 0.400. The molecule has 0 fully saturated rings. The summed E-state index contributed by atoms with van der Waals surface area (Å²) in [5.41, 5.74) is 2.86. The Bertz CT molecular complexity index is 1050. The Morgan fingerprint density at radius 1 is 1.32 bits per heavy atom. The maximum Gasteiger partial charge on any atom is 0.253 e. The number of H-pyrrole nitrogens is 1. The fourth-order valence-corrected chi connectivity index (χ4v) is 3.22. The monoisotopic (exact) mass is 335 g/mol. The van der Waals surface area contributed by atoms with Crippen molar-refractivity contribution in [2.24, 2.45) is 5.10 Å². The van der Waals surface area contributed by atoms with Crippen LogP contribution in [0, 0.1) is 6.92 Å². The summed E-state index contributed by atoms with van der Waals surface area (Å²) in [5, 5.41) is 6.68. The number of pyridine rings is 1. The number of carbonyl (C=O) groups is 1. The maximum absolute atomic E-state index is 12.6. The van der Waals surface area contributed by atoms with E-state index in [1.165, 1.54) is 11.9 Å². The molecule has 2 aromatic heterocycles. The molecular formula is C19H17N3O3. The number of amides is 1. The second-order valence-electron chi connectivity index (χ2n) is 6.25. The van der Waals surface area contributed by atoms with Crippen LogP contribution >= 0.6 is 0 Å². The van der Waals surface area contributed by atoms with E-state index in [0.29, 0.717) is 23.5 Å². The van der Waals surface area contributed by atoms with E-state index in [0.717, 1.165) is 16.5 Å². The van der Waals surface area contributed by atoms with Gasteiger partial charge in [-0.1, -0.05) is 11.6 Å². The highest BCUT2D eigenvalue weighted by Gasteiger charge is 2.34. The van der Waals surface area contributed by atoms with Crippen molar-refractivity contribution in [3.8, 4) is 0 Å². The van der Waals surface area contributed by atoms with Gasteiger partial charge in [0.25, 0.3) is 5.56 Å². The predicted molar refractivity (Wildman–Crippen MR) is 94.4 cm³/mol. The second kappa shape index (κ2) is 5.73. The van der Waals surface area contributed by atoms with Gasteiger partial charge in [-0.25, -0.2) is 5.01 Å². The first-order chi connectivity index (χ1) is 12.0. The van der Waals surface area contributed by atoms with E-state index >= 15 is 0 Å².